The van der Waals surface area contributed by atoms with Gasteiger partial charge in [-0.25, -0.2) is 0 Å². The molecule has 0 radical (unpaired) electrons. The largest absolute Gasteiger partial charge is 0.355 e. The van der Waals surface area contributed by atoms with Crippen molar-refractivity contribution in [3.8, 4) is 0 Å². The second kappa shape index (κ2) is 5.39. The number of halogens is 1. The summed E-state index contributed by atoms with van der Waals surface area (Å²) < 4.78 is 0. The van der Waals surface area contributed by atoms with Crippen molar-refractivity contribution in [3.05, 3.63) is 0 Å². The zero-order valence-electron chi connectivity index (χ0n) is 10.7. The van der Waals surface area contributed by atoms with Crippen molar-refractivity contribution in [1.82, 2.24) is 5.32 Å². The fourth-order valence-corrected chi connectivity index (χ4v) is 2.55. The molecule has 1 fully saturated rings. The lowest BCUT2D eigenvalue weighted by molar-refractivity contribution is -0.129. The number of hydrogen-bond acceptors (Lipinski definition) is 1. The number of nitrogens with one attached hydrogen (secondary N) is 1. The van der Waals surface area contributed by atoms with E-state index in [4.69, 9.17) is 11.6 Å². The van der Waals surface area contributed by atoms with Gasteiger partial charge < -0.3 is 5.32 Å². The van der Waals surface area contributed by atoms with Gasteiger partial charge in [-0.05, 0) is 12.8 Å². The van der Waals surface area contributed by atoms with E-state index in [0.717, 1.165) is 19.4 Å². The van der Waals surface area contributed by atoms with Crippen LogP contribution >= 0.6 is 11.6 Å². The molecule has 1 rings (SSSR count). The van der Waals surface area contributed by atoms with E-state index in [1.165, 1.54) is 19.3 Å². The Labute approximate surface area is 104 Å². The molecule has 0 aromatic carbocycles. The minimum Gasteiger partial charge on any atom is -0.355 e. The standard InChI is InChI=1S/C13H24ClNO/c1-12(2,3)11(16)15-10-13(9-14)7-5-4-6-8-13/h4-10H2,1-3H3,(H,15,16). The molecule has 1 saturated carbocycles. The molecule has 1 aliphatic carbocycles. The summed E-state index contributed by atoms with van der Waals surface area (Å²) in [5.41, 5.74) is -0.150. The number of carbonyl (C=O) groups excluding carboxylic acids is 1. The van der Waals surface area contributed by atoms with Crippen LogP contribution < -0.4 is 5.32 Å². The number of rotatable bonds is 3. The van der Waals surface area contributed by atoms with Crippen LogP contribution in [0.15, 0.2) is 0 Å². The quantitative estimate of drug-likeness (QED) is 0.760. The van der Waals surface area contributed by atoms with Crippen molar-refractivity contribution in [2.45, 2.75) is 52.9 Å². The molecule has 0 heterocycles. The van der Waals surface area contributed by atoms with E-state index in [2.05, 4.69) is 5.32 Å². The predicted octanol–water partition coefficient (Wildman–Crippen LogP) is 3.34. The Balaban J connectivity index is 2.48. The van der Waals surface area contributed by atoms with Crippen molar-refractivity contribution < 1.29 is 4.79 Å². The molecule has 0 saturated heterocycles. The molecular weight excluding hydrogens is 222 g/mol. The number of hydrogen-bond donors (Lipinski definition) is 1. The molecule has 0 atom stereocenters. The van der Waals surface area contributed by atoms with Crippen LogP contribution in [0.3, 0.4) is 0 Å². The topological polar surface area (TPSA) is 29.1 Å². The van der Waals surface area contributed by atoms with Crippen LogP contribution in [0.4, 0.5) is 0 Å². The molecule has 2 nitrogen and oxygen atoms in total. The Kier molecular flexibility index (Phi) is 4.66. The normalized spacial score (nSPS) is 20.5. The van der Waals surface area contributed by atoms with Crippen LogP contribution in [0, 0.1) is 10.8 Å². The molecule has 0 spiro atoms. The lowest BCUT2D eigenvalue weighted by atomic mass is 9.75. The van der Waals surface area contributed by atoms with Crippen LogP contribution in [0.1, 0.15) is 52.9 Å². The van der Waals surface area contributed by atoms with Gasteiger partial charge in [-0.3, -0.25) is 4.79 Å². The number of amides is 1. The molecule has 1 amide bonds. The average Bonchev–Trinajstić information content (AvgIpc) is 2.26. The van der Waals surface area contributed by atoms with Crippen LogP contribution in [0.25, 0.3) is 0 Å². The Bertz CT molecular complexity index is 239. The summed E-state index contributed by atoms with van der Waals surface area (Å²) in [6.07, 6.45) is 6.11. The highest BCUT2D eigenvalue weighted by Gasteiger charge is 2.32. The maximum atomic E-state index is 11.8. The highest BCUT2D eigenvalue weighted by Crippen LogP contribution is 2.36. The van der Waals surface area contributed by atoms with Crippen molar-refractivity contribution in [2.75, 3.05) is 12.4 Å². The number of carbonyl (C=O) groups is 1. The summed E-state index contributed by atoms with van der Waals surface area (Å²) in [4.78, 5) is 11.8. The van der Waals surface area contributed by atoms with Crippen LogP contribution in [-0.2, 0) is 4.79 Å². The fourth-order valence-electron chi connectivity index (χ4n) is 2.19. The van der Waals surface area contributed by atoms with Gasteiger partial charge >= 0.3 is 0 Å². The second-order valence-corrected chi connectivity index (χ2v) is 6.39. The first-order valence-electron chi connectivity index (χ1n) is 6.24. The lowest BCUT2D eigenvalue weighted by Gasteiger charge is -2.36. The minimum absolute atomic E-state index is 0.127. The molecule has 0 unspecified atom stereocenters. The smallest absolute Gasteiger partial charge is 0.225 e. The first-order valence-corrected chi connectivity index (χ1v) is 6.77. The monoisotopic (exact) mass is 245 g/mol. The zero-order chi connectivity index (χ0) is 12.2. The van der Waals surface area contributed by atoms with Crippen molar-refractivity contribution in [2.24, 2.45) is 10.8 Å². The minimum atomic E-state index is -0.303. The summed E-state index contributed by atoms with van der Waals surface area (Å²) in [6.45, 7) is 6.57. The summed E-state index contributed by atoms with van der Waals surface area (Å²) in [5.74, 6) is 0.791. The van der Waals surface area contributed by atoms with E-state index in [1.54, 1.807) is 0 Å². The van der Waals surface area contributed by atoms with Crippen LogP contribution in [-0.4, -0.2) is 18.3 Å². The van der Waals surface area contributed by atoms with Gasteiger partial charge in [0, 0.05) is 23.3 Å². The third-order valence-electron chi connectivity index (χ3n) is 3.50. The maximum Gasteiger partial charge on any atom is 0.225 e. The van der Waals surface area contributed by atoms with E-state index in [9.17, 15) is 4.79 Å². The summed E-state index contributed by atoms with van der Waals surface area (Å²) in [7, 11) is 0. The first-order chi connectivity index (χ1) is 7.40. The van der Waals surface area contributed by atoms with Gasteiger partial charge in [0.2, 0.25) is 5.91 Å². The highest BCUT2D eigenvalue weighted by atomic mass is 35.5. The number of alkyl halides is 1. The SMILES string of the molecule is CC(C)(C)C(=O)NCC1(CCl)CCCCC1. The van der Waals surface area contributed by atoms with Gasteiger partial charge in [0.05, 0.1) is 0 Å². The Morgan fingerprint density at radius 2 is 1.81 bits per heavy atom. The summed E-state index contributed by atoms with van der Waals surface area (Å²) in [6, 6.07) is 0. The lowest BCUT2D eigenvalue weighted by Crippen LogP contribution is -2.44. The molecular formula is C13H24ClNO. The van der Waals surface area contributed by atoms with Gasteiger partial charge in [0.25, 0.3) is 0 Å². The van der Waals surface area contributed by atoms with Crippen LogP contribution in [0.2, 0.25) is 0 Å². The summed E-state index contributed by atoms with van der Waals surface area (Å²) >= 11 is 6.08. The Hall–Kier alpha value is -0.240. The second-order valence-electron chi connectivity index (χ2n) is 6.13. The van der Waals surface area contributed by atoms with E-state index < -0.39 is 0 Å². The highest BCUT2D eigenvalue weighted by molar-refractivity contribution is 6.18. The van der Waals surface area contributed by atoms with E-state index in [0.29, 0.717) is 5.88 Å². The molecule has 1 aliphatic rings. The van der Waals surface area contributed by atoms with Crippen molar-refractivity contribution in [1.29, 1.82) is 0 Å². The van der Waals surface area contributed by atoms with Crippen LogP contribution in [0.5, 0.6) is 0 Å². The molecule has 3 heteroatoms. The molecule has 94 valence electrons. The molecule has 0 aromatic heterocycles. The first kappa shape index (κ1) is 13.8. The molecule has 0 aliphatic heterocycles. The third kappa shape index (κ3) is 3.65. The third-order valence-corrected chi connectivity index (χ3v) is 4.07. The van der Waals surface area contributed by atoms with Crippen molar-refractivity contribution >= 4 is 17.5 Å². The molecule has 0 aromatic rings. The average molecular weight is 246 g/mol. The van der Waals surface area contributed by atoms with Gasteiger partial charge in [-0.2, -0.15) is 0 Å². The molecule has 1 N–H and O–H groups in total. The van der Waals surface area contributed by atoms with Crippen molar-refractivity contribution in [3.63, 3.8) is 0 Å². The van der Waals surface area contributed by atoms with Gasteiger partial charge in [-0.1, -0.05) is 40.0 Å². The predicted molar refractivity (Wildman–Crippen MR) is 68.7 cm³/mol. The fraction of sp³-hybridized carbons (Fsp3) is 0.923. The maximum absolute atomic E-state index is 11.8. The van der Waals surface area contributed by atoms with Gasteiger partial charge in [0.1, 0.15) is 0 Å². The molecule has 0 bridgehead atoms. The zero-order valence-corrected chi connectivity index (χ0v) is 11.5. The van der Waals surface area contributed by atoms with Gasteiger partial charge in [-0.15, -0.1) is 11.6 Å². The molecule has 16 heavy (non-hydrogen) atoms. The Morgan fingerprint density at radius 3 is 2.25 bits per heavy atom. The van der Waals surface area contributed by atoms with E-state index >= 15 is 0 Å². The van der Waals surface area contributed by atoms with Gasteiger partial charge in [0.15, 0.2) is 0 Å². The van der Waals surface area contributed by atoms with E-state index in [1.807, 2.05) is 20.8 Å². The van der Waals surface area contributed by atoms with E-state index in [-0.39, 0.29) is 16.7 Å². The summed E-state index contributed by atoms with van der Waals surface area (Å²) in [5, 5.41) is 3.06. The Morgan fingerprint density at radius 1 is 1.25 bits per heavy atom.